The molecule has 1 aromatic carbocycles. The number of sulfonamides is 1. The Balaban J connectivity index is 2.03. The fraction of sp³-hybridized carbons (Fsp3) is 0.560. The number of ketones is 1. The van der Waals surface area contributed by atoms with E-state index < -0.39 is 27.7 Å². The van der Waals surface area contributed by atoms with E-state index in [0.717, 1.165) is 0 Å². The van der Waals surface area contributed by atoms with Crippen LogP contribution in [0.2, 0.25) is 0 Å². The summed E-state index contributed by atoms with van der Waals surface area (Å²) in [6.07, 6.45) is 1.54. The monoisotopic (exact) mass is 521 g/mol. The average molecular weight is 522 g/mol. The number of carbonyl (C=O) groups excluding carboxylic acids is 2. The van der Waals surface area contributed by atoms with Crippen LogP contribution in [0.1, 0.15) is 59.9 Å². The van der Waals surface area contributed by atoms with E-state index in [1.807, 2.05) is 6.92 Å². The molecule has 10 nitrogen and oxygen atoms in total. The Morgan fingerprint density at radius 1 is 1.22 bits per heavy atom. The minimum atomic E-state index is -4.12. The van der Waals surface area contributed by atoms with Crippen molar-refractivity contribution in [1.29, 1.82) is 0 Å². The van der Waals surface area contributed by atoms with Crippen LogP contribution in [0.5, 0.6) is 11.6 Å². The van der Waals surface area contributed by atoms with Crippen molar-refractivity contribution in [2.24, 2.45) is 0 Å². The molecule has 0 saturated carbocycles. The third-order valence-corrected chi connectivity index (χ3v) is 7.17. The van der Waals surface area contributed by atoms with Gasteiger partial charge < -0.3 is 19.0 Å². The normalized spacial score (nSPS) is 15.7. The summed E-state index contributed by atoms with van der Waals surface area (Å²) in [5.74, 6) is -0.0464. The molecule has 1 aliphatic rings. The summed E-state index contributed by atoms with van der Waals surface area (Å²) in [6, 6.07) is 4.99. The first-order chi connectivity index (χ1) is 16.8. The lowest BCUT2D eigenvalue weighted by Crippen LogP contribution is -2.43. The smallest absolute Gasteiger partial charge is 0.310 e. The number of Topliss-reactive ketones (excluding diaryl/α,β-unsaturated/α-hetero) is 1. The highest BCUT2D eigenvalue weighted by Gasteiger charge is 2.38. The van der Waals surface area contributed by atoms with Crippen LogP contribution in [0.25, 0.3) is 0 Å². The summed E-state index contributed by atoms with van der Waals surface area (Å²) in [5.41, 5.74) is 0.258. The van der Waals surface area contributed by atoms with E-state index in [9.17, 15) is 18.0 Å². The fourth-order valence-electron chi connectivity index (χ4n) is 3.83. The van der Waals surface area contributed by atoms with Crippen molar-refractivity contribution < 1.29 is 32.2 Å². The van der Waals surface area contributed by atoms with Crippen molar-refractivity contribution in [3.63, 3.8) is 0 Å². The molecule has 0 saturated heterocycles. The number of aromatic nitrogens is 2. The number of aryl methyl sites for hydroxylation is 1. The standard InChI is InChI=1S/C25H35N3O7S/c1-7-27-16-22(24(26-27)33-8-2)36(31,32)28-15-19(11-9-17(3)29)34-21-12-10-18(13-20(21)28)14-23(30)35-25(4,5)6/h10,12-13,16,19H,7-9,11,14-15H2,1-6H3/t19-/m0/s1. The lowest BCUT2D eigenvalue weighted by molar-refractivity contribution is -0.153. The molecule has 1 aliphatic heterocycles. The van der Waals surface area contributed by atoms with Gasteiger partial charge in [-0.2, -0.15) is 0 Å². The maximum absolute atomic E-state index is 14.0. The first kappa shape index (κ1) is 27.5. The van der Waals surface area contributed by atoms with E-state index in [0.29, 0.717) is 30.0 Å². The second kappa shape index (κ2) is 10.9. The van der Waals surface area contributed by atoms with Crippen LogP contribution in [-0.4, -0.2) is 54.8 Å². The molecular weight excluding hydrogens is 486 g/mol. The van der Waals surface area contributed by atoms with Gasteiger partial charge in [0.15, 0.2) is 4.90 Å². The number of rotatable bonds is 10. The Hall–Kier alpha value is -3.08. The summed E-state index contributed by atoms with van der Waals surface area (Å²) in [5, 5.41) is 4.26. The molecule has 0 fully saturated rings. The van der Waals surface area contributed by atoms with Crippen molar-refractivity contribution in [2.75, 3.05) is 17.5 Å². The zero-order valence-corrected chi connectivity index (χ0v) is 22.6. The molecule has 0 bridgehead atoms. The first-order valence-corrected chi connectivity index (χ1v) is 13.5. The lowest BCUT2D eigenvalue weighted by atomic mass is 10.1. The molecule has 0 amide bonds. The van der Waals surface area contributed by atoms with E-state index >= 15 is 0 Å². The van der Waals surface area contributed by atoms with Crippen LogP contribution in [0.15, 0.2) is 29.3 Å². The fourth-order valence-corrected chi connectivity index (χ4v) is 5.41. The Bertz CT molecular complexity index is 1210. The molecule has 0 N–H and O–H groups in total. The highest BCUT2D eigenvalue weighted by molar-refractivity contribution is 7.93. The van der Waals surface area contributed by atoms with Crippen LogP contribution < -0.4 is 13.8 Å². The molecule has 1 aromatic heterocycles. The predicted octanol–water partition coefficient (Wildman–Crippen LogP) is 3.51. The summed E-state index contributed by atoms with van der Waals surface area (Å²) >= 11 is 0. The maximum Gasteiger partial charge on any atom is 0.310 e. The van der Waals surface area contributed by atoms with E-state index in [4.69, 9.17) is 14.2 Å². The summed E-state index contributed by atoms with van der Waals surface area (Å²) in [7, 11) is -4.12. The van der Waals surface area contributed by atoms with Gasteiger partial charge in [0.25, 0.3) is 15.9 Å². The van der Waals surface area contributed by atoms with Crippen molar-refractivity contribution in [2.45, 2.75) is 84.0 Å². The lowest BCUT2D eigenvalue weighted by Gasteiger charge is -2.35. The first-order valence-electron chi connectivity index (χ1n) is 12.1. The zero-order chi connectivity index (χ0) is 26.7. The molecule has 2 aromatic rings. The maximum atomic E-state index is 14.0. The predicted molar refractivity (Wildman–Crippen MR) is 134 cm³/mol. The number of hydrogen-bond acceptors (Lipinski definition) is 8. The van der Waals surface area contributed by atoms with Crippen LogP contribution >= 0.6 is 0 Å². The molecule has 0 unspecified atom stereocenters. The van der Waals surface area contributed by atoms with Gasteiger partial charge in [0.1, 0.15) is 23.2 Å². The molecule has 198 valence electrons. The van der Waals surface area contributed by atoms with Gasteiger partial charge in [0, 0.05) is 19.2 Å². The van der Waals surface area contributed by atoms with Gasteiger partial charge in [0.2, 0.25) is 0 Å². The second-order valence-corrected chi connectivity index (χ2v) is 11.5. The minimum Gasteiger partial charge on any atom is -0.486 e. The molecule has 2 heterocycles. The molecule has 11 heteroatoms. The minimum absolute atomic E-state index is 0.00136. The number of carbonyl (C=O) groups is 2. The Morgan fingerprint density at radius 2 is 1.94 bits per heavy atom. The van der Waals surface area contributed by atoms with Crippen molar-refractivity contribution >= 4 is 27.5 Å². The number of hydrogen-bond donors (Lipinski definition) is 0. The molecule has 36 heavy (non-hydrogen) atoms. The van der Waals surface area contributed by atoms with Gasteiger partial charge in [-0.25, -0.2) is 8.42 Å². The van der Waals surface area contributed by atoms with Gasteiger partial charge in [-0.05, 0) is 65.7 Å². The largest absolute Gasteiger partial charge is 0.486 e. The topological polar surface area (TPSA) is 117 Å². The number of ether oxygens (including phenoxy) is 3. The number of benzene rings is 1. The van der Waals surface area contributed by atoms with E-state index in [1.165, 1.54) is 22.1 Å². The van der Waals surface area contributed by atoms with Crippen LogP contribution in [0.3, 0.4) is 0 Å². The summed E-state index contributed by atoms with van der Waals surface area (Å²) in [6.45, 7) is 11.2. The number of anilines is 1. The van der Waals surface area contributed by atoms with Crippen LogP contribution in [0, 0.1) is 0 Å². The zero-order valence-electron chi connectivity index (χ0n) is 21.7. The van der Waals surface area contributed by atoms with Crippen LogP contribution in [0.4, 0.5) is 5.69 Å². The Morgan fingerprint density at radius 3 is 2.56 bits per heavy atom. The third kappa shape index (κ3) is 6.57. The highest BCUT2D eigenvalue weighted by Crippen LogP contribution is 2.40. The van der Waals surface area contributed by atoms with Crippen molar-refractivity contribution in [3.05, 3.63) is 30.0 Å². The van der Waals surface area contributed by atoms with E-state index in [-0.39, 0.29) is 42.6 Å². The van der Waals surface area contributed by atoms with Gasteiger partial charge in [-0.15, -0.1) is 5.10 Å². The highest BCUT2D eigenvalue weighted by atomic mass is 32.2. The second-order valence-electron chi connectivity index (χ2n) is 9.67. The average Bonchev–Trinajstić information content (AvgIpc) is 3.20. The molecule has 0 aliphatic carbocycles. The van der Waals surface area contributed by atoms with E-state index in [1.54, 1.807) is 45.9 Å². The molecule has 0 radical (unpaired) electrons. The Labute approximate surface area is 212 Å². The third-order valence-electron chi connectivity index (χ3n) is 5.41. The van der Waals surface area contributed by atoms with Gasteiger partial charge in [0.05, 0.1) is 25.3 Å². The SMILES string of the molecule is CCOc1nn(CC)cc1S(=O)(=O)N1C[C@H](CCC(C)=O)Oc2ccc(CC(=O)OC(C)(C)C)cc21. The molecular formula is C25H35N3O7S. The van der Waals surface area contributed by atoms with Gasteiger partial charge >= 0.3 is 5.97 Å². The number of esters is 1. The van der Waals surface area contributed by atoms with Crippen molar-refractivity contribution in [1.82, 2.24) is 9.78 Å². The Kier molecular flexibility index (Phi) is 8.33. The van der Waals surface area contributed by atoms with E-state index in [2.05, 4.69) is 5.10 Å². The van der Waals surface area contributed by atoms with Crippen molar-refractivity contribution in [3.8, 4) is 11.6 Å². The molecule has 0 spiro atoms. The quantitative estimate of drug-likeness (QED) is 0.436. The summed E-state index contributed by atoms with van der Waals surface area (Å²) in [4.78, 5) is 23.9. The van der Waals surface area contributed by atoms with Crippen LogP contribution in [-0.2, 0) is 37.3 Å². The number of nitrogens with zero attached hydrogens (tertiary/aromatic N) is 3. The molecule has 3 rings (SSSR count). The molecule has 1 atom stereocenters. The summed E-state index contributed by atoms with van der Waals surface area (Å²) < 4.78 is 47.7. The van der Waals surface area contributed by atoms with Gasteiger partial charge in [-0.1, -0.05) is 6.07 Å². The number of fused-ring (bicyclic) bond motifs is 1. The van der Waals surface area contributed by atoms with Gasteiger partial charge in [-0.3, -0.25) is 13.8 Å².